The Labute approximate surface area is 85.3 Å². The van der Waals surface area contributed by atoms with Crippen molar-refractivity contribution in [2.45, 2.75) is 0 Å². The summed E-state index contributed by atoms with van der Waals surface area (Å²) in [6, 6.07) is 6.22. The number of carbonyl (C=O) groups excluding carboxylic acids is 1. The molecule has 1 heterocycles. The van der Waals surface area contributed by atoms with E-state index in [4.69, 9.17) is 0 Å². The quantitative estimate of drug-likeness (QED) is 0.705. The van der Waals surface area contributed by atoms with Crippen molar-refractivity contribution in [2.24, 2.45) is 0 Å². The molecule has 76 valence electrons. The molecule has 0 bridgehead atoms. The van der Waals surface area contributed by atoms with Crippen LogP contribution in [0.25, 0.3) is 10.9 Å². The fourth-order valence-electron chi connectivity index (χ4n) is 1.23. The highest BCUT2D eigenvalue weighted by Crippen LogP contribution is 2.17. The Morgan fingerprint density at radius 1 is 1.33 bits per heavy atom. The summed E-state index contributed by atoms with van der Waals surface area (Å²) in [5.74, 6) is -0.417. The number of phenols is 1. The number of hydrogen-bond donors (Lipinski definition) is 1. The number of carbonyl (C=O) groups is 1. The van der Waals surface area contributed by atoms with Crippen molar-refractivity contribution in [3.05, 3.63) is 30.0 Å². The SMILES string of the molecule is COC(=O)c1cc2ccc(O)cc2nn1. The number of methoxy groups -OCH3 is 1. The summed E-state index contributed by atoms with van der Waals surface area (Å²) < 4.78 is 4.52. The van der Waals surface area contributed by atoms with Crippen molar-refractivity contribution in [2.75, 3.05) is 7.11 Å². The van der Waals surface area contributed by atoms with Gasteiger partial charge in [0.15, 0.2) is 5.69 Å². The number of aromatic hydroxyl groups is 1. The van der Waals surface area contributed by atoms with E-state index in [-0.39, 0.29) is 11.4 Å². The molecule has 0 radical (unpaired) electrons. The van der Waals surface area contributed by atoms with Crippen LogP contribution in [-0.4, -0.2) is 28.4 Å². The van der Waals surface area contributed by atoms with Gasteiger partial charge in [0.05, 0.1) is 12.6 Å². The average molecular weight is 204 g/mol. The van der Waals surface area contributed by atoms with E-state index < -0.39 is 5.97 Å². The maximum absolute atomic E-state index is 11.1. The molecule has 1 N–H and O–H groups in total. The van der Waals surface area contributed by atoms with Gasteiger partial charge in [0.1, 0.15) is 5.75 Å². The van der Waals surface area contributed by atoms with Gasteiger partial charge in [0.25, 0.3) is 0 Å². The third-order valence-electron chi connectivity index (χ3n) is 1.97. The monoisotopic (exact) mass is 204 g/mol. The van der Waals surface area contributed by atoms with Crippen molar-refractivity contribution < 1.29 is 14.6 Å². The molecule has 15 heavy (non-hydrogen) atoms. The number of aromatic nitrogens is 2. The first kappa shape index (κ1) is 9.39. The van der Waals surface area contributed by atoms with Crippen molar-refractivity contribution >= 4 is 16.9 Å². The second-order valence-corrected chi connectivity index (χ2v) is 2.96. The molecule has 1 aromatic heterocycles. The van der Waals surface area contributed by atoms with Gasteiger partial charge in [-0.15, -0.1) is 10.2 Å². The standard InChI is InChI=1S/C10H8N2O3/c1-15-10(14)9-4-6-2-3-7(13)5-8(6)11-12-9/h2-5,13H,1H3. The molecule has 0 atom stereocenters. The number of nitrogens with zero attached hydrogens (tertiary/aromatic N) is 2. The molecule has 5 heteroatoms. The largest absolute Gasteiger partial charge is 0.508 e. The number of hydrogen-bond acceptors (Lipinski definition) is 5. The summed E-state index contributed by atoms with van der Waals surface area (Å²) in [6.45, 7) is 0. The van der Waals surface area contributed by atoms with E-state index in [1.807, 2.05) is 0 Å². The number of benzene rings is 1. The molecule has 0 unspecified atom stereocenters. The number of ether oxygens (including phenoxy) is 1. The molecule has 0 aliphatic heterocycles. The second kappa shape index (κ2) is 3.53. The summed E-state index contributed by atoms with van der Waals surface area (Å²) in [4.78, 5) is 11.1. The van der Waals surface area contributed by atoms with Gasteiger partial charge in [-0.3, -0.25) is 0 Å². The first-order valence-electron chi connectivity index (χ1n) is 4.25. The molecular formula is C10H8N2O3. The van der Waals surface area contributed by atoms with E-state index in [2.05, 4.69) is 14.9 Å². The summed E-state index contributed by atoms with van der Waals surface area (Å²) in [5, 5.41) is 17.4. The van der Waals surface area contributed by atoms with E-state index in [1.54, 1.807) is 12.1 Å². The van der Waals surface area contributed by atoms with Crippen molar-refractivity contribution in [3.63, 3.8) is 0 Å². The summed E-state index contributed by atoms with van der Waals surface area (Å²) in [5.41, 5.74) is 0.679. The topological polar surface area (TPSA) is 72.3 Å². The van der Waals surface area contributed by atoms with Crippen LogP contribution in [0.4, 0.5) is 0 Å². The Balaban J connectivity index is 2.57. The zero-order chi connectivity index (χ0) is 10.8. The van der Waals surface area contributed by atoms with Gasteiger partial charge < -0.3 is 9.84 Å². The molecule has 0 amide bonds. The molecule has 5 nitrogen and oxygen atoms in total. The normalized spacial score (nSPS) is 10.2. The van der Waals surface area contributed by atoms with Gasteiger partial charge in [-0.25, -0.2) is 4.79 Å². The van der Waals surface area contributed by atoms with Crippen LogP contribution in [0.2, 0.25) is 0 Å². The van der Waals surface area contributed by atoms with Crippen LogP contribution >= 0.6 is 0 Å². The predicted octanol–water partition coefficient (Wildman–Crippen LogP) is 1.12. The molecular weight excluding hydrogens is 196 g/mol. The minimum atomic E-state index is -0.530. The molecule has 2 rings (SSSR count). The number of phenolic OH excluding ortho intramolecular Hbond substituents is 1. The first-order chi connectivity index (χ1) is 7.20. The Hall–Kier alpha value is -2.17. The summed E-state index contributed by atoms with van der Waals surface area (Å²) in [7, 11) is 1.28. The minimum Gasteiger partial charge on any atom is -0.508 e. The van der Waals surface area contributed by atoms with Gasteiger partial charge in [-0.2, -0.15) is 0 Å². The number of fused-ring (bicyclic) bond motifs is 1. The Morgan fingerprint density at radius 2 is 2.13 bits per heavy atom. The Kier molecular flexibility index (Phi) is 2.21. The van der Waals surface area contributed by atoms with Crippen molar-refractivity contribution in [1.82, 2.24) is 10.2 Å². The first-order valence-corrected chi connectivity index (χ1v) is 4.25. The van der Waals surface area contributed by atoms with Gasteiger partial charge in [-0.1, -0.05) is 0 Å². The summed E-state index contributed by atoms with van der Waals surface area (Å²) >= 11 is 0. The fraction of sp³-hybridized carbons (Fsp3) is 0.100. The van der Waals surface area contributed by atoms with Gasteiger partial charge in [0, 0.05) is 11.5 Å². The lowest BCUT2D eigenvalue weighted by Crippen LogP contribution is -2.05. The van der Waals surface area contributed by atoms with Crippen LogP contribution in [0.5, 0.6) is 5.75 Å². The molecule has 0 saturated carbocycles. The van der Waals surface area contributed by atoms with Crippen LogP contribution in [0, 0.1) is 0 Å². The van der Waals surface area contributed by atoms with Crippen LogP contribution in [0.3, 0.4) is 0 Å². The predicted molar refractivity (Wildman–Crippen MR) is 52.5 cm³/mol. The van der Waals surface area contributed by atoms with Crippen LogP contribution in [0.1, 0.15) is 10.5 Å². The molecule has 0 spiro atoms. The van der Waals surface area contributed by atoms with Crippen molar-refractivity contribution in [3.8, 4) is 5.75 Å². The zero-order valence-electron chi connectivity index (χ0n) is 7.97. The van der Waals surface area contributed by atoms with E-state index in [0.717, 1.165) is 5.39 Å². The highest BCUT2D eigenvalue weighted by atomic mass is 16.5. The second-order valence-electron chi connectivity index (χ2n) is 2.96. The minimum absolute atomic E-state index is 0.114. The van der Waals surface area contributed by atoms with Gasteiger partial charge in [-0.05, 0) is 18.2 Å². The molecule has 2 aromatic rings. The molecule has 0 aliphatic carbocycles. The van der Waals surface area contributed by atoms with Crippen molar-refractivity contribution in [1.29, 1.82) is 0 Å². The van der Waals surface area contributed by atoms with Crippen LogP contribution < -0.4 is 0 Å². The highest BCUT2D eigenvalue weighted by Gasteiger charge is 2.08. The Bertz CT molecular complexity index is 525. The van der Waals surface area contributed by atoms with Gasteiger partial charge in [0.2, 0.25) is 0 Å². The third-order valence-corrected chi connectivity index (χ3v) is 1.97. The maximum atomic E-state index is 11.1. The lowest BCUT2D eigenvalue weighted by atomic mass is 10.2. The van der Waals surface area contributed by atoms with E-state index >= 15 is 0 Å². The lowest BCUT2D eigenvalue weighted by molar-refractivity contribution is 0.0593. The average Bonchev–Trinajstić information content (AvgIpc) is 2.27. The van der Waals surface area contributed by atoms with Crippen LogP contribution in [-0.2, 0) is 4.74 Å². The Morgan fingerprint density at radius 3 is 2.87 bits per heavy atom. The number of rotatable bonds is 1. The zero-order valence-corrected chi connectivity index (χ0v) is 7.97. The third kappa shape index (κ3) is 1.71. The van der Waals surface area contributed by atoms with Gasteiger partial charge >= 0.3 is 5.97 Å². The number of esters is 1. The highest BCUT2D eigenvalue weighted by molar-refractivity contribution is 5.91. The molecule has 1 aromatic carbocycles. The van der Waals surface area contributed by atoms with E-state index in [9.17, 15) is 9.90 Å². The smallest absolute Gasteiger partial charge is 0.358 e. The van der Waals surface area contributed by atoms with E-state index in [0.29, 0.717) is 5.52 Å². The summed E-state index contributed by atoms with van der Waals surface area (Å²) in [6.07, 6.45) is 0. The lowest BCUT2D eigenvalue weighted by Gasteiger charge is -2.00. The molecule has 0 fully saturated rings. The molecule has 0 saturated heterocycles. The maximum Gasteiger partial charge on any atom is 0.358 e. The molecule has 0 aliphatic rings. The van der Waals surface area contributed by atoms with Crippen LogP contribution in [0.15, 0.2) is 24.3 Å². The van der Waals surface area contributed by atoms with E-state index in [1.165, 1.54) is 19.2 Å². The fourth-order valence-corrected chi connectivity index (χ4v) is 1.23.